The lowest BCUT2D eigenvalue weighted by atomic mass is 9.97. The second kappa shape index (κ2) is 8.19. The normalized spacial score (nSPS) is 14.2. The Morgan fingerprint density at radius 3 is 2.52 bits per heavy atom. The molecule has 0 amide bonds. The van der Waals surface area contributed by atoms with Crippen LogP contribution >= 0.6 is 0 Å². The molecule has 1 nitrogen and oxygen atoms in total. The van der Waals surface area contributed by atoms with Crippen LogP contribution in [0.1, 0.15) is 58.1 Å². The first kappa shape index (κ1) is 16.0. The Morgan fingerprint density at radius 1 is 1.00 bits per heavy atom. The van der Waals surface area contributed by atoms with Crippen LogP contribution in [0.15, 0.2) is 42.5 Å². The highest BCUT2D eigenvalue weighted by molar-refractivity contribution is 5.86. The summed E-state index contributed by atoms with van der Waals surface area (Å²) in [4.78, 5) is 0. The van der Waals surface area contributed by atoms with Gasteiger partial charge in [0, 0.05) is 6.04 Å². The van der Waals surface area contributed by atoms with Crippen LogP contribution in [0, 0.1) is 5.92 Å². The van der Waals surface area contributed by atoms with Gasteiger partial charge in [0.25, 0.3) is 0 Å². The molecule has 0 saturated heterocycles. The largest absolute Gasteiger partial charge is 0.310 e. The van der Waals surface area contributed by atoms with Crippen molar-refractivity contribution in [1.82, 2.24) is 5.32 Å². The van der Waals surface area contributed by atoms with Crippen LogP contribution in [0.2, 0.25) is 0 Å². The van der Waals surface area contributed by atoms with E-state index in [0.29, 0.717) is 6.04 Å². The van der Waals surface area contributed by atoms with Gasteiger partial charge in [-0.2, -0.15) is 0 Å². The van der Waals surface area contributed by atoms with Crippen LogP contribution in [0.3, 0.4) is 0 Å². The Kier molecular flexibility index (Phi) is 6.25. The molecule has 0 heterocycles. The molecule has 0 aromatic heterocycles. The molecule has 0 saturated carbocycles. The van der Waals surface area contributed by atoms with Crippen molar-refractivity contribution in [2.45, 2.75) is 52.5 Å². The predicted molar refractivity (Wildman–Crippen MR) is 93.7 cm³/mol. The van der Waals surface area contributed by atoms with Crippen LogP contribution in [0.25, 0.3) is 10.8 Å². The first-order chi connectivity index (χ1) is 10.3. The number of benzene rings is 2. The van der Waals surface area contributed by atoms with Gasteiger partial charge in [0.1, 0.15) is 0 Å². The third-order valence-corrected chi connectivity index (χ3v) is 4.55. The molecule has 0 fully saturated rings. The van der Waals surface area contributed by atoms with Crippen molar-refractivity contribution in [2.24, 2.45) is 5.92 Å². The van der Waals surface area contributed by atoms with Crippen LogP contribution in [-0.2, 0) is 0 Å². The number of nitrogens with one attached hydrogen (secondary N) is 1. The summed E-state index contributed by atoms with van der Waals surface area (Å²) < 4.78 is 0. The zero-order valence-corrected chi connectivity index (χ0v) is 13.7. The molecule has 0 aliphatic heterocycles. The van der Waals surface area contributed by atoms with Crippen molar-refractivity contribution in [1.29, 1.82) is 0 Å². The average Bonchev–Trinajstić information content (AvgIpc) is 2.54. The van der Waals surface area contributed by atoms with Crippen molar-refractivity contribution in [2.75, 3.05) is 6.54 Å². The highest BCUT2D eigenvalue weighted by Gasteiger charge is 2.11. The molecule has 0 radical (unpaired) electrons. The standard InChI is InChI=1S/C20H29N/c1-4-6-10-17(5-2)15-21-16(3)19-14-9-12-18-11-7-8-13-20(18)19/h7-9,11-14,16-17,21H,4-6,10,15H2,1-3H3. The molecule has 2 aromatic carbocycles. The topological polar surface area (TPSA) is 12.0 Å². The number of hydrogen-bond donors (Lipinski definition) is 1. The second-order valence-electron chi connectivity index (χ2n) is 6.11. The highest BCUT2D eigenvalue weighted by atomic mass is 14.9. The Labute approximate surface area is 129 Å². The SMILES string of the molecule is CCCCC(CC)CNC(C)c1cccc2ccccc12. The van der Waals surface area contributed by atoms with Crippen LogP contribution in [-0.4, -0.2) is 6.54 Å². The molecule has 2 atom stereocenters. The van der Waals surface area contributed by atoms with E-state index in [1.807, 2.05) is 0 Å². The molecule has 114 valence electrons. The second-order valence-corrected chi connectivity index (χ2v) is 6.11. The molecule has 21 heavy (non-hydrogen) atoms. The monoisotopic (exact) mass is 283 g/mol. The predicted octanol–water partition coefficient (Wildman–Crippen LogP) is 5.71. The molecule has 0 bridgehead atoms. The summed E-state index contributed by atoms with van der Waals surface area (Å²) in [5.74, 6) is 0.808. The van der Waals surface area contributed by atoms with Gasteiger partial charge in [-0.1, -0.05) is 75.6 Å². The van der Waals surface area contributed by atoms with E-state index in [0.717, 1.165) is 12.5 Å². The Balaban J connectivity index is 2.03. The van der Waals surface area contributed by atoms with E-state index >= 15 is 0 Å². The van der Waals surface area contributed by atoms with E-state index in [2.05, 4.69) is 68.6 Å². The zero-order valence-electron chi connectivity index (χ0n) is 13.7. The fourth-order valence-electron chi connectivity index (χ4n) is 3.02. The minimum absolute atomic E-state index is 0.409. The van der Waals surface area contributed by atoms with Gasteiger partial charge in [0.05, 0.1) is 0 Å². The smallest absolute Gasteiger partial charge is 0.0298 e. The fourth-order valence-corrected chi connectivity index (χ4v) is 3.02. The van der Waals surface area contributed by atoms with Gasteiger partial charge < -0.3 is 5.32 Å². The lowest BCUT2D eigenvalue weighted by Crippen LogP contribution is -2.25. The van der Waals surface area contributed by atoms with Gasteiger partial charge in [-0.3, -0.25) is 0 Å². The molecule has 2 rings (SSSR count). The fraction of sp³-hybridized carbons (Fsp3) is 0.500. The van der Waals surface area contributed by atoms with Crippen LogP contribution in [0.4, 0.5) is 0 Å². The molecule has 0 aliphatic rings. The number of unbranched alkanes of at least 4 members (excludes halogenated alkanes) is 1. The molecular weight excluding hydrogens is 254 g/mol. The van der Waals surface area contributed by atoms with Gasteiger partial charge in [0.2, 0.25) is 0 Å². The van der Waals surface area contributed by atoms with E-state index in [-0.39, 0.29) is 0 Å². The minimum Gasteiger partial charge on any atom is -0.310 e. The first-order valence-electron chi connectivity index (χ1n) is 8.47. The summed E-state index contributed by atoms with van der Waals surface area (Å²) in [7, 11) is 0. The van der Waals surface area contributed by atoms with E-state index in [1.54, 1.807) is 0 Å². The number of fused-ring (bicyclic) bond motifs is 1. The molecule has 1 heteroatoms. The summed E-state index contributed by atoms with van der Waals surface area (Å²) in [5.41, 5.74) is 1.42. The molecule has 2 aromatic rings. The van der Waals surface area contributed by atoms with Gasteiger partial charge in [0.15, 0.2) is 0 Å². The van der Waals surface area contributed by atoms with Gasteiger partial charge >= 0.3 is 0 Å². The quantitative estimate of drug-likeness (QED) is 0.654. The summed E-state index contributed by atoms with van der Waals surface area (Å²) in [5, 5.41) is 6.46. The van der Waals surface area contributed by atoms with Gasteiger partial charge in [-0.25, -0.2) is 0 Å². The van der Waals surface area contributed by atoms with Crippen molar-refractivity contribution in [3.8, 4) is 0 Å². The summed E-state index contributed by atoms with van der Waals surface area (Å²) in [6.45, 7) is 8.00. The van der Waals surface area contributed by atoms with Crippen LogP contribution in [0.5, 0.6) is 0 Å². The summed E-state index contributed by atoms with van der Waals surface area (Å²) in [6.07, 6.45) is 5.27. The Morgan fingerprint density at radius 2 is 1.76 bits per heavy atom. The van der Waals surface area contributed by atoms with Crippen molar-refractivity contribution < 1.29 is 0 Å². The molecule has 0 aliphatic carbocycles. The molecule has 2 unspecified atom stereocenters. The van der Waals surface area contributed by atoms with E-state index in [9.17, 15) is 0 Å². The highest BCUT2D eigenvalue weighted by Crippen LogP contribution is 2.24. The number of rotatable bonds is 8. The maximum Gasteiger partial charge on any atom is 0.0298 e. The Bertz CT molecular complexity index is 541. The maximum absolute atomic E-state index is 3.75. The number of hydrogen-bond acceptors (Lipinski definition) is 1. The van der Waals surface area contributed by atoms with Gasteiger partial charge in [-0.05, 0) is 42.1 Å². The summed E-state index contributed by atoms with van der Waals surface area (Å²) in [6, 6.07) is 15.7. The summed E-state index contributed by atoms with van der Waals surface area (Å²) >= 11 is 0. The molecular formula is C20H29N. The zero-order chi connectivity index (χ0) is 15.1. The first-order valence-corrected chi connectivity index (χ1v) is 8.47. The lowest BCUT2D eigenvalue weighted by molar-refractivity contribution is 0.399. The van der Waals surface area contributed by atoms with Crippen LogP contribution < -0.4 is 5.32 Å². The van der Waals surface area contributed by atoms with Crippen molar-refractivity contribution >= 4 is 10.8 Å². The third kappa shape index (κ3) is 4.31. The van der Waals surface area contributed by atoms with Crippen molar-refractivity contribution in [3.63, 3.8) is 0 Å². The minimum atomic E-state index is 0.409. The lowest BCUT2D eigenvalue weighted by Gasteiger charge is -2.21. The third-order valence-electron chi connectivity index (χ3n) is 4.55. The van der Waals surface area contributed by atoms with E-state index in [4.69, 9.17) is 0 Å². The average molecular weight is 283 g/mol. The maximum atomic E-state index is 3.75. The molecule has 1 N–H and O–H groups in total. The van der Waals surface area contributed by atoms with Crippen molar-refractivity contribution in [3.05, 3.63) is 48.0 Å². The van der Waals surface area contributed by atoms with Gasteiger partial charge in [-0.15, -0.1) is 0 Å². The molecule has 0 spiro atoms. The van der Waals surface area contributed by atoms with E-state index in [1.165, 1.54) is 42.0 Å². The Hall–Kier alpha value is -1.34. The van der Waals surface area contributed by atoms with E-state index < -0.39 is 0 Å².